The van der Waals surface area contributed by atoms with Crippen molar-refractivity contribution in [3.8, 4) is 0 Å². The first-order chi connectivity index (χ1) is 9.24. The average molecular weight is 318 g/mol. The van der Waals surface area contributed by atoms with Gasteiger partial charge in [0, 0.05) is 4.47 Å². The standard InChI is InChI=1S/C17H20BrN/c1-3-13-8-10-14(11-9-13)17(19-4-2)15-6-5-7-16(18)12-15/h5-12,17,19H,3-4H2,1-2H3. The molecule has 0 amide bonds. The van der Waals surface area contributed by atoms with E-state index in [0.717, 1.165) is 17.4 Å². The summed E-state index contributed by atoms with van der Waals surface area (Å²) in [5.74, 6) is 0. The van der Waals surface area contributed by atoms with Gasteiger partial charge < -0.3 is 5.32 Å². The highest BCUT2D eigenvalue weighted by molar-refractivity contribution is 9.10. The third kappa shape index (κ3) is 3.68. The lowest BCUT2D eigenvalue weighted by Gasteiger charge is -2.19. The summed E-state index contributed by atoms with van der Waals surface area (Å²) in [6.07, 6.45) is 1.09. The second kappa shape index (κ2) is 6.88. The largest absolute Gasteiger partial charge is 0.307 e. The molecule has 1 N–H and O–H groups in total. The van der Waals surface area contributed by atoms with Gasteiger partial charge >= 0.3 is 0 Å². The maximum atomic E-state index is 3.56. The first-order valence-electron chi connectivity index (χ1n) is 6.82. The smallest absolute Gasteiger partial charge is 0.0577 e. The third-order valence-corrected chi connectivity index (χ3v) is 3.80. The molecule has 0 heterocycles. The van der Waals surface area contributed by atoms with Gasteiger partial charge in [-0.2, -0.15) is 0 Å². The summed E-state index contributed by atoms with van der Waals surface area (Å²) in [5.41, 5.74) is 3.99. The Balaban J connectivity index is 2.33. The van der Waals surface area contributed by atoms with Gasteiger partial charge in [0.2, 0.25) is 0 Å². The van der Waals surface area contributed by atoms with Crippen molar-refractivity contribution in [1.82, 2.24) is 5.32 Å². The highest BCUT2D eigenvalue weighted by atomic mass is 79.9. The highest BCUT2D eigenvalue weighted by Gasteiger charge is 2.12. The Morgan fingerprint density at radius 2 is 1.74 bits per heavy atom. The maximum absolute atomic E-state index is 3.56. The Bertz CT molecular complexity index is 519. The molecule has 2 rings (SSSR count). The molecule has 1 nitrogen and oxygen atoms in total. The van der Waals surface area contributed by atoms with E-state index in [-0.39, 0.29) is 6.04 Å². The third-order valence-electron chi connectivity index (χ3n) is 3.31. The molecular weight excluding hydrogens is 298 g/mol. The van der Waals surface area contributed by atoms with Crippen LogP contribution in [0.25, 0.3) is 0 Å². The first kappa shape index (κ1) is 14.3. The molecule has 100 valence electrons. The number of hydrogen-bond acceptors (Lipinski definition) is 1. The second-order valence-electron chi connectivity index (χ2n) is 4.64. The summed E-state index contributed by atoms with van der Waals surface area (Å²) in [6.45, 7) is 5.28. The summed E-state index contributed by atoms with van der Waals surface area (Å²) in [5, 5.41) is 3.56. The van der Waals surface area contributed by atoms with Crippen LogP contribution in [0.4, 0.5) is 0 Å². The number of hydrogen-bond donors (Lipinski definition) is 1. The van der Waals surface area contributed by atoms with E-state index in [4.69, 9.17) is 0 Å². The normalized spacial score (nSPS) is 12.4. The minimum absolute atomic E-state index is 0.258. The van der Waals surface area contributed by atoms with Gasteiger partial charge in [0.1, 0.15) is 0 Å². The zero-order valence-corrected chi connectivity index (χ0v) is 13.1. The molecule has 2 aromatic rings. The van der Waals surface area contributed by atoms with Crippen LogP contribution < -0.4 is 5.32 Å². The maximum Gasteiger partial charge on any atom is 0.0577 e. The van der Waals surface area contributed by atoms with Crippen LogP contribution in [0.5, 0.6) is 0 Å². The van der Waals surface area contributed by atoms with E-state index in [1.54, 1.807) is 0 Å². The van der Waals surface area contributed by atoms with Crippen LogP contribution in [-0.2, 0) is 6.42 Å². The molecule has 2 heteroatoms. The molecule has 0 aliphatic carbocycles. The van der Waals surface area contributed by atoms with Gasteiger partial charge in [-0.05, 0) is 41.8 Å². The van der Waals surface area contributed by atoms with Crippen molar-refractivity contribution in [2.45, 2.75) is 26.3 Å². The number of rotatable bonds is 5. The molecule has 1 unspecified atom stereocenters. The van der Waals surface area contributed by atoms with Crippen molar-refractivity contribution in [1.29, 1.82) is 0 Å². The lowest BCUT2D eigenvalue weighted by molar-refractivity contribution is 0.630. The predicted octanol–water partition coefficient (Wildman–Crippen LogP) is 4.71. The predicted molar refractivity (Wildman–Crippen MR) is 85.5 cm³/mol. The Kier molecular flexibility index (Phi) is 5.17. The lowest BCUT2D eigenvalue weighted by atomic mass is 9.97. The van der Waals surface area contributed by atoms with Crippen molar-refractivity contribution in [2.24, 2.45) is 0 Å². The molecule has 0 bridgehead atoms. The van der Waals surface area contributed by atoms with E-state index < -0.39 is 0 Å². The van der Waals surface area contributed by atoms with E-state index in [0.29, 0.717) is 0 Å². The lowest BCUT2D eigenvalue weighted by Crippen LogP contribution is -2.21. The van der Waals surface area contributed by atoms with E-state index >= 15 is 0 Å². The van der Waals surface area contributed by atoms with Crippen LogP contribution in [0, 0.1) is 0 Å². The van der Waals surface area contributed by atoms with E-state index in [2.05, 4.69) is 83.6 Å². The van der Waals surface area contributed by atoms with E-state index in [1.807, 2.05) is 0 Å². The summed E-state index contributed by atoms with van der Waals surface area (Å²) < 4.78 is 1.12. The SMILES string of the molecule is CCNC(c1ccc(CC)cc1)c1cccc(Br)c1. The minimum Gasteiger partial charge on any atom is -0.307 e. The van der Waals surface area contributed by atoms with E-state index in [9.17, 15) is 0 Å². The number of benzene rings is 2. The molecule has 0 aromatic heterocycles. The van der Waals surface area contributed by atoms with Gasteiger partial charge in [-0.3, -0.25) is 0 Å². The molecule has 2 aromatic carbocycles. The summed E-state index contributed by atoms with van der Waals surface area (Å²) in [6, 6.07) is 17.7. The molecule has 0 radical (unpaired) electrons. The molecule has 0 aliphatic heterocycles. The van der Waals surface area contributed by atoms with Crippen molar-refractivity contribution in [3.63, 3.8) is 0 Å². The van der Waals surface area contributed by atoms with Crippen LogP contribution in [0.1, 0.15) is 36.6 Å². The van der Waals surface area contributed by atoms with E-state index in [1.165, 1.54) is 16.7 Å². The van der Waals surface area contributed by atoms with Gasteiger partial charge in [0.15, 0.2) is 0 Å². The zero-order valence-electron chi connectivity index (χ0n) is 11.5. The second-order valence-corrected chi connectivity index (χ2v) is 5.56. The fourth-order valence-electron chi connectivity index (χ4n) is 2.26. The summed E-state index contributed by atoms with van der Waals surface area (Å²) in [7, 11) is 0. The van der Waals surface area contributed by atoms with Crippen LogP contribution in [0.2, 0.25) is 0 Å². The molecule has 0 spiro atoms. The van der Waals surface area contributed by atoms with Gasteiger partial charge in [-0.25, -0.2) is 0 Å². The Morgan fingerprint density at radius 1 is 1.00 bits per heavy atom. The molecule has 0 saturated carbocycles. The van der Waals surface area contributed by atoms with Gasteiger partial charge in [0.05, 0.1) is 6.04 Å². The Hall–Kier alpha value is -1.12. The van der Waals surface area contributed by atoms with Crippen LogP contribution >= 0.6 is 15.9 Å². The summed E-state index contributed by atoms with van der Waals surface area (Å²) >= 11 is 3.55. The minimum atomic E-state index is 0.258. The Labute approximate surface area is 124 Å². The fourth-order valence-corrected chi connectivity index (χ4v) is 2.68. The fraction of sp³-hybridized carbons (Fsp3) is 0.294. The molecule has 0 saturated heterocycles. The monoisotopic (exact) mass is 317 g/mol. The Morgan fingerprint density at radius 3 is 2.32 bits per heavy atom. The topological polar surface area (TPSA) is 12.0 Å². The zero-order chi connectivity index (χ0) is 13.7. The van der Waals surface area contributed by atoms with Gasteiger partial charge in [-0.1, -0.05) is 66.2 Å². The number of halogens is 1. The molecule has 1 atom stereocenters. The molecule has 0 aliphatic rings. The van der Waals surface area contributed by atoms with Crippen molar-refractivity contribution >= 4 is 15.9 Å². The quantitative estimate of drug-likeness (QED) is 0.842. The number of nitrogens with one attached hydrogen (secondary N) is 1. The molecule has 19 heavy (non-hydrogen) atoms. The molecular formula is C17H20BrN. The van der Waals surface area contributed by atoms with Crippen molar-refractivity contribution in [3.05, 3.63) is 69.7 Å². The van der Waals surface area contributed by atoms with Gasteiger partial charge in [-0.15, -0.1) is 0 Å². The van der Waals surface area contributed by atoms with Crippen LogP contribution in [-0.4, -0.2) is 6.54 Å². The summed E-state index contributed by atoms with van der Waals surface area (Å²) in [4.78, 5) is 0. The average Bonchev–Trinajstić information content (AvgIpc) is 2.45. The van der Waals surface area contributed by atoms with Crippen molar-refractivity contribution < 1.29 is 0 Å². The van der Waals surface area contributed by atoms with Gasteiger partial charge in [0.25, 0.3) is 0 Å². The van der Waals surface area contributed by atoms with Crippen LogP contribution in [0.15, 0.2) is 53.0 Å². The number of aryl methyl sites for hydroxylation is 1. The first-order valence-corrected chi connectivity index (χ1v) is 7.61. The highest BCUT2D eigenvalue weighted by Crippen LogP contribution is 2.25. The van der Waals surface area contributed by atoms with Crippen molar-refractivity contribution in [2.75, 3.05) is 6.54 Å². The molecule has 0 fully saturated rings. The van der Waals surface area contributed by atoms with Crippen LogP contribution in [0.3, 0.4) is 0 Å².